The predicted octanol–water partition coefficient (Wildman–Crippen LogP) is 1.30. The smallest absolute Gasteiger partial charge is 0.348 e. The fraction of sp³-hybridized carbons (Fsp3) is 0.250. The average Bonchev–Trinajstić information content (AvgIpc) is 2.69. The topological polar surface area (TPSA) is 81.0 Å². The van der Waals surface area contributed by atoms with Gasteiger partial charge in [-0.25, -0.2) is 4.79 Å². The van der Waals surface area contributed by atoms with Crippen LogP contribution in [0.2, 0.25) is 0 Å². The van der Waals surface area contributed by atoms with Crippen LogP contribution in [0.5, 0.6) is 0 Å². The lowest BCUT2D eigenvalue weighted by molar-refractivity contribution is 0.0605. The third-order valence-electron chi connectivity index (χ3n) is 2.04. The summed E-state index contributed by atoms with van der Waals surface area (Å²) in [4.78, 5) is 11.9. The van der Waals surface area contributed by atoms with Gasteiger partial charge in [0, 0.05) is 5.56 Å². The standard InChI is InChI=1S/C8H9N3O2S/c1-3-4-6(7(9)11-10-4)14-5(3)8(12)13-2/h1-2H3,(H3,9,10,11). The Morgan fingerprint density at radius 1 is 1.64 bits per heavy atom. The van der Waals surface area contributed by atoms with Gasteiger partial charge in [0.05, 0.1) is 17.3 Å². The minimum absolute atomic E-state index is 0.337. The van der Waals surface area contributed by atoms with Gasteiger partial charge in [-0.3, -0.25) is 5.10 Å². The Morgan fingerprint density at radius 3 is 2.93 bits per heavy atom. The molecule has 0 spiro atoms. The first-order valence-electron chi connectivity index (χ1n) is 3.96. The van der Waals surface area contributed by atoms with E-state index in [1.165, 1.54) is 18.4 Å². The number of carbonyl (C=O) groups is 1. The highest BCUT2D eigenvalue weighted by Crippen LogP contribution is 2.32. The van der Waals surface area contributed by atoms with E-state index in [2.05, 4.69) is 14.9 Å². The number of carbonyl (C=O) groups excluding carboxylic acids is 1. The summed E-state index contributed by atoms with van der Waals surface area (Å²) in [7, 11) is 1.36. The van der Waals surface area contributed by atoms with Gasteiger partial charge in [0.2, 0.25) is 0 Å². The molecule has 0 amide bonds. The lowest BCUT2D eigenvalue weighted by atomic mass is 10.2. The summed E-state index contributed by atoms with van der Waals surface area (Å²) < 4.78 is 5.46. The van der Waals surface area contributed by atoms with Crippen molar-refractivity contribution in [1.82, 2.24) is 10.2 Å². The Kier molecular flexibility index (Phi) is 1.92. The Hall–Kier alpha value is -1.56. The van der Waals surface area contributed by atoms with E-state index < -0.39 is 0 Å². The number of aromatic nitrogens is 2. The first-order valence-corrected chi connectivity index (χ1v) is 4.78. The molecule has 0 saturated carbocycles. The van der Waals surface area contributed by atoms with E-state index in [0.29, 0.717) is 10.7 Å². The largest absolute Gasteiger partial charge is 0.465 e. The Bertz CT molecular complexity index is 500. The maximum absolute atomic E-state index is 11.3. The number of nitrogens with zero attached hydrogens (tertiary/aromatic N) is 1. The number of rotatable bonds is 1. The maximum Gasteiger partial charge on any atom is 0.348 e. The van der Waals surface area contributed by atoms with Crippen molar-refractivity contribution < 1.29 is 9.53 Å². The van der Waals surface area contributed by atoms with Gasteiger partial charge in [-0.05, 0) is 6.92 Å². The molecule has 14 heavy (non-hydrogen) atoms. The number of hydrogen-bond acceptors (Lipinski definition) is 5. The highest BCUT2D eigenvalue weighted by atomic mass is 32.1. The number of ether oxygens (including phenoxy) is 1. The van der Waals surface area contributed by atoms with E-state index >= 15 is 0 Å². The van der Waals surface area contributed by atoms with Crippen LogP contribution in [0.25, 0.3) is 10.2 Å². The van der Waals surface area contributed by atoms with Crippen LogP contribution in [0.3, 0.4) is 0 Å². The van der Waals surface area contributed by atoms with E-state index in [4.69, 9.17) is 5.73 Å². The number of thiophene rings is 1. The average molecular weight is 211 g/mol. The molecule has 2 heterocycles. The molecule has 0 radical (unpaired) electrons. The first kappa shape index (κ1) is 9.01. The summed E-state index contributed by atoms with van der Waals surface area (Å²) in [5, 5.41) is 6.64. The van der Waals surface area contributed by atoms with Crippen LogP contribution in [-0.2, 0) is 4.74 Å². The van der Waals surface area contributed by atoms with Crippen molar-refractivity contribution in [2.45, 2.75) is 6.92 Å². The molecular formula is C8H9N3O2S. The van der Waals surface area contributed by atoms with Gasteiger partial charge < -0.3 is 10.5 Å². The van der Waals surface area contributed by atoms with Crippen molar-refractivity contribution >= 4 is 33.3 Å². The number of aromatic amines is 1. The molecule has 0 saturated heterocycles. The summed E-state index contributed by atoms with van der Waals surface area (Å²) in [5.74, 6) is 0.0831. The number of hydrogen-bond donors (Lipinski definition) is 2. The van der Waals surface area contributed by atoms with E-state index in [0.717, 1.165) is 15.8 Å². The summed E-state index contributed by atoms with van der Waals surface area (Å²) in [6.07, 6.45) is 0. The lowest BCUT2D eigenvalue weighted by Gasteiger charge is -1.95. The molecule has 0 unspecified atom stereocenters. The van der Waals surface area contributed by atoms with Gasteiger partial charge in [-0.2, -0.15) is 5.10 Å². The number of nitrogen functional groups attached to an aromatic ring is 1. The molecule has 2 rings (SSSR count). The predicted molar refractivity (Wildman–Crippen MR) is 54.5 cm³/mol. The number of fused-ring (bicyclic) bond motifs is 1. The minimum atomic E-state index is -0.337. The molecular weight excluding hydrogens is 202 g/mol. The number of nitrogens with two attached hydrogens (primary N) is 1. The van der Waals surface area contributed by atoms with E-state index in [9.17, 15) is 4.79 Å². The summed E-state index contributed by atoms with van der Waals surface area (Å²) in [6, 6.07) is 0. The second kappa shape index (κ2) is 2.98. The Morgan fingerprint density at radius 2 is 2.36 bits per heavy atom. The zero-order valence-electron chi connectivity index (χ0n) is 7.75. The molecule has 0 atom stereocenters. The monoisotopic (exact) mass is 211 g/mol. The molecule has 6 heteroatoms. The quantitative estimate of drug-likeness (QED) is 0.697. The fourth-order valence-corrected chi connectivity index (χ4v) is 2.36. The molecule has 0 aliphatic heterocycles. The number of aryl methyl sites for hydroxylation is 1. The zero-order chi connectivity index (χ0) is 10.3. The van der Waals surface area contributed by atoms with E-state index in [1.54, 1.807) is 0 Å². The highest BCUT2D eigenvalue weighted by molar-refractivity contribution is 7.21. The molecule has 5 nitrogen and oxygen atoms in total. The molecule has 0 aliphatic rings. The molecule has 0 fully saturated rings. The number of esters is 1. The molecule has 2 aromatic heterocycles. The van der Waals surface area contributed by atoms with E-state index in [-0.39, 0.29) is 5.97 Å². The van der Waals surface area contributed by atoms with Crippen molar-refractivity contribution in [3.63, 3.8) is 0 Å². The Balaban J connectivity index is 2.68. The van der Waals surface area contributed by atoms with Crippen LogP contribution in [0, 0.1) is 6.92 Å². The second-order valence-corrected chi connectivity index (χ2v) is 3.88. The third kappa shape index (κ3) is 1.07. The summed E-state index contributed by atoms with van der Waals surface area (Å²) in [6.45, 7) is 1.84. The minimum Gasteiger partial charge on any atom is -0.465 e. The zero-order valence-corrected chi connectivity index (χ0v) is 8.57. The molecule has 74 valence electrons. The van der Waals surface area contributed by atoms with Crippen molar-refractivity contribution in [2.24, 2.45) is 0 Å². The second-order valence-electron chi connectivity index (χ2n) is 2.86. The van der Waals surface area contributed by atoms with Crippen molar-refractivity contribution in [3.05, 3.63) is 10.4 Å². The first-order chi connectivity index (χ1) is 6.65. The van der Waals surface area contributed by atoms with Crippen LogP contribution in [-0.4, -0.2) is 23.3 Å². The number of H-pyrrole nitrogens is 1. The fourth-order valence-electron chi connectivity index (χ4n) is 1.28. The van der Waals surface area contributed by atoms with Gasteiger partial charge in [-0.15, -0.1) is 11.3 Å². The van der Waals surface area contributed by atoms with Crippen LogP contribution < -0.4 is 5.73 Å². The highest BCUT2D eigenvalue weighted by Gasteiger charge is 2.18. The van der Waals surface area contributed by atoms with Crippen molar-refractivity contribution in [2.75, 3.05) is 12.8 Å². The van der Waals surface area contributed by atoms with Gasteiger partial charge >= 0.3 is 5.97 Å². The third-order valence-corrected chi connectivity index (χ3v) is 3.33. The van der Waals surface area contributed by atoms with Crippen LogP contribution in [0.1, 0.15) is 15.2 Å². The molecule has 0 aromatic carbocycles. The van der Waals surface area contributed by atoms with Gasteiger partial charge in [-0.1, -0.05) is 0 Å². The molecule has 0 bridgehead atoms. The number of nitrogens with one attached hydrogen (secondary N) is 1. The van der Waals surface area contributed by atoms with Crippen LogP contribution in [0.4, 0.5) is 5.82 Å². The summed E-state index contributed by atoms with van der Waals surface area (Å²) in [5.41, 5.74) is 7.26. The maximum atomic E-state index is 11.3. The SMILES string of the molecule is COC(=O)c1sc2c(N)n[nH]c2c1C. The number of anilines is 1. The lowest BCUT2D eigenvalue weighted by Crippen LogP contribution is -1.99. The summed E-state index contributed by atoms with van der Waals surface area (Å²) >= 11 is 1.30. The van der Waals surface area contributed by atoms with Gasteiger partial charge in [0.1, 0.15) is 4.88 Å². The number of methoxy groups -OCH3 is 1. The van der Waals surface area contributed by atoms with Crippen molar-refractivity contribution in [1.29, 1.82) is 0 Å². The Labute approximate surface area is 83.9 Å². The van der Waals surface area contributed by atoms with Crippen molar-refractivity contribution in [3.8, 4) is 0 Å². The normalized spacial score (nSPS) is 10.7. The van der Waals surface area contributed by atoms with Gasteiger partial charge in [0.25, 0.3) is 0 Å². The molecule has 3 N–H and O–H groups in total. The molecule has 0 aliphatic carbocycles. The molecule has 2 aromatic rings. The van der Waals surface area contributed by atoms with Crippen LogP contribution in [0.15, 0.2) is 0 Å². The van der Waals surface area contributed by atoms with Crippen LogP contribution >= 0.6 is 11.3 Å². The van der Waals surface area contributed by atoms with Gasteiger partial charge in [0.15, 0.2) is 5.82 Å². The van der Waals surface area contributed by atoms with E-state index in [1.807, 2.05) is 6.92 Å².